The minimum Gasteiger partial charge on any atom is -0.497 e. The largest absolute Gasteiger partial charge is 0.497 e. The number of nitrogens with one attached hydrogen (secondary N) is 1. The summed E-state index contributed by atoms with van der Waals surface area (Å²) in [5, 5.41) is 8.24. The van der Waals surface area contributed by atoms with Crippen LogP contribution in [0.5, 0.6) is 5.75 Å². The van der Waals surface area contributed by atoms with Gasteiger partial charge in [-0.05, 0) is 59.5 Å². The lowest BCUT2D eigenvalue weighted by Gasteiger charge is -2.26. The molecular formula is C27H24ClN3O2. The van der Waals surface area contributed by atoms with Gasteiger partial charge in [-0.2, -0.15) is 5.10 Å². The molecule has 0 radical (unpaired) electrons. The van der Waals surface area contributed by atoms with Crippen molar-refractivity contribution in [3.8, 4) is 17.0 Å². The summed E-state index contributed by atoms with van der Waals surface area (Å²) in [5.74, 6) is 0.717. The number of rotatable bonds is 6. The second-order valence-electron chi connectivity index (χ2n) is 8.15. The monoisotopic (exact) mass is 457 g/mol. The number of hydrogen-bond acceptors (Lipinski definition) is 3. The first-order chi connectivity index (χ1) is 16.1. The predicted molar refractivity (Wildman–Crippen MR) is 130 cm³/mol. The number of halogens is 1. The van der Waals surface area contributed by atoms with Crippen molar-refractivity contribution in [2.75, 3.05) is 7.11 Å². The van der Waals surface area contributed by atoms with Crippen molar-refractivity contribution in [2.45, 2.75) is 25.9 Å². The van der Waals surface area contributed by atoms with Crippen molar-refractivity contribution in [2.24, 2.45) is 0 Å². The van der Waals surface area contributed by atoms with Crippen LogP contribution >= 0.6 is 11.6 Å². The van der Waals surface area contributed by atoms with Gasteiger partial charge in [-0.3, -0.25) is 9.89 Å². The molecule has 1 N–H and O–H groups in total. The maximum Gasteiger partial charge on any atom is 0.273 e. The molecule has 1 aliphatic rings. The van der Waals surface area contributed by atoms with Gasteiger partial charge in [0, 0.05) is 22.7 Å². The molecule has 0 spiro atoms. The van der Waals surface area contributed by atoms with Gasteiger partial charge in [0.2, 0.25) is 0 Å². The van der Waals surface area contributed by atoms with Crippen LogP contribution in [0.1, 0.15) is 45.7 Å². The summed E-state index contributed by atoms with van der Waals surface area (Å²) in [6, 6.07) is 23.6. The van der Waals surface area contributed by atoms with Crippen LogP contribution < -0.4 is 4.74 Å². The maximum atomic E-state index is 13.5. The first-order valence-corrected chi connectivity index (χ1v) is 11.3. The van der Waals surface area contributed by atoms with Gasteiger partial charge in [0.1, 0.15) is 11.4 Å². The van der Waals surface area contributed by atoms with Crippen LogP contribution in [0.15, 0.2) is 72.8 Å². The highest BCUT2D eigenvalue weighted by Crippen LogP contribution is 2.43. The standard InChI is InChI=1S/C27H24ClN3O2/c1-3-17-4-8-20(9-5-17)26-23-24(19-10-14-22(33-2)15-11-19)29-30-25(23)27(32)31(26)16-18-6-12-21(28)13-7-18/h4-15,26H,3,16H2,1-2H3,(H,29,30). The van der Waals surface area contributed by atoms with E-state index in [9.17, 15) is 4.79 Å². The van der Waals surface area contributed by atoms with Gasteiger partial charge in [0.05, 0.1) is 18.8 Å². The Kier molecular flexibility index (Phi) is 5.65. The number of aromatic nitrogens is 2. The second-order valence-corrected chi connectivity index (χ2v) is 8.58. The van der Waals surface area contributed by atoms with Crippen LogP contribution in [0.25, 0.3) is 11.3 Å². The van der Waals surface area contributed by atoms with Gasteiger partial charge < -0.3 is 9.64 Å². The fourth-order valence-corrected chi connectivity index (χ4v) is 4.52. The normalized spacial score (nSPS) is 15.1. The first kappa shape index (κ1) is 21.3. The van der Waals surface area contributed by atoms with Gasteiger partial charge in [-0.1, -0.05) is 54.9 Å². The molecule has 33 heavy (non-hydrogen) atoms. The van der Waals surface area contributed by atoms with Crippen LogP contribution in [0.2, 0.25) is 5.02 Å². The minimum atomic E-state index is -0.245. The molecule has 0 saturated carbocycles. The van der Waals surface area contributed by atoms with E-state index in [1.807, 2.05) is 53.4 Å². The van der Waals surface area contributed by atoms with Gasteiger partial charge in [-0.25, -0.2) is 0 Å². The molecule has 166 valence electrons. The molecule has 0 aliphatic carbocycles. The van der Waals surface area contributed by atoms with Gasteiger partial charge in [0.15, 0.2) is 0 Å². The maximum absolute atomic E-state index is 13.5. The Morgan fingerprint density at radius 2 is 1.64 bits per heavy atom. The highest BCUT2D eigenvalue weighted by Gasteiger charge is 2.42. The third-order valence-corrected chi connectivity index (χ3v) is 6.45. The number of ether oxygens (including phenoxy) is 1. The molecule has 0 saturated heterocycles. The summed E-state index contributed by atoms with van der Waals surface area (Å²) in [5.41, 5.74) is 6.50. The summed E-state index contributed by atoms with van der Waals surface area (Å²) in [7, 11) is 1.64. The molecule has 5 nitrogen and oxygen atoms in total. The summed E-state index contributed by atoms with van der Waals surface area (Å²) in [4.78, 5) is 15.4. The summed E-state index contributed by atoms with van der Waals surface area (Å²) in [6.07, 6.45) is 0.965. The fourth-order valence-electron chi connectivity index (χ4n) is 4.40. The van der Waals surface area contributed by atoms with Crippen LogP contribution in [0, 0.1) is 0 Å². The van der Waals surface area contributed by atoms with Crippen LogP contribution in [0.3, 0.4) is 0 Å². The number of aromatic amines is 1. The number of H-pyrrole nitrogens is 1. The number of methoxy groups -OCH3 is 1. The van der Waals surface area contributed by atoms with E-state index >= 15 is 0 Å². The highest BCUT2D eigenvalue weighted by molar-refractivity contribution is 6.30. The summed E-state index contributed by atoms with van der Waals surface area (Å²) in [6.45, 7) is 2.61. The Morgan fingerprint density at radius 1 is 0.970 bits per heavy atom. The van der Waals surface area contributed by atoms with Gasteiger partial charge in [-0.15, -0.1) is 0 Å². The Labute approximate surface area is 198 Å². The number of hydrogen-bond donors (Lipinski definition) is 1. The molecule has 6 heteroatoms. The molecule has 1 amide bonds. The molecule has 1 aliphatic heterocycles. The average Bonchev–Trinajstić information content (AvgIpc) is 3.40. The third kappa shape index (κ3) is 3.89. The van der Waals surface area contributed by atoms with E-state index in [1.54, 1.807) is 7.11 Å². The molecule has 0 bridgehead atoms. The smallest absolute Gasteiger partial charge is 0.273 e. The number of benzene rings is 3. The predicted octanol–water partition coefficient (Wildman–Crippen LogP) is 6.05. The summed E-state index contributed by atoms with van der Waals surface area (Å²) < 4.78 is 5.30. The fraction of sp³-hybridized carbons (Fsp3) is 0.185. The van der Waals surface area contributed by atoms with Crippen LogP contribution in [0.4, 0.5) is 0 Å². The van der Waals surface area contributed by atoms with Crippen molar-refractivity contribution < 1.29 is 9.53 Å². The zero-order valence-electron chi connectivity index (χ0n) is 18.5. The van der Waals surface area contributed by atoms with E-state index in [0.717, 1.165) is 40.1 Å². The molecule has 0 fully saturated rings. The minimum absolute atomic E-state index is 0.0585. The van der Waals surface area contributed by atoms with Crippen LogP contribution in [-0.2, 0) is 13.0 Å². The van der Waals surface area contributed by atoms with E-state index < -0.39 is 0 Å². The highest BCUT2D eigenvalue weighted by atomic mass is 35.5. The lowest BCUT2D eigenvalue weighted by Crippen LogP contribution is -2.29. The number of carbonyl (C=O) groups excluding carboxylic acids is 1. The third-order valence-electron chi connectivity index (χ3n) is 6.20. The second kappa shape index (κ2) is 8.75. The lowest BCUT2D eigenvalue weighted by atomic mass is 9.95. The zero-order valence-corrected chi connectivity index (χ0v) is 19.3. The number of fused-ring (bicyclic) bond motifs is 1. The Bertz CT molecular complexity index is 1280. The van der Waals surface area contributed by atoms with Gasteiger partial charge in [0.25, 0.3) is 5.91 Å². The Hall–Kier alpha value is -3.57. The SMILES string of the molecule is CCc1ccc(C2c3c(-c4ccc(OC)cc4)n[nH]c3C(=O)N2Cc2ccc(Cl)cc2)cc1. The Morgan fingerprint density at radius 3 is 2.27 bits per heavy atom. The van der Waals surface area contributed by atoms with Crippen LogP contribution in [-0.4, -0.2) is 28.1 Å². The molecule has 1 unspecified atom stereocenters. The quantitative estimate of drug-likeness (QED) is 0.383. The number of aryl methyl sites for hydroxylation is 1. The first-order valence-electron chi connectivity index (χ1n) is 11.0. The van der Waals surface area contributed by atoms with Crippen molar-refractivity contribution in [3.05, 3.63) is 106 Å². The molecule has 1 atom stereocenters. The van der Waals surface area contributed by atoms with Gasteiger partial charge >= 0.3 is 0 Å². The number of nitrogens with zero attached hydrogens (tertiary/aromatic N) is 2. The molecule has 3 aromatic carbocycles. The van der Waals surface area contributed by atoms with E-state index in [4.69, 9.17) is 16.3 Å². The van der Waals surface area contributed by atoms with Crippen molar-refractivity contribution >= 4 is 17.5 Å². The van der Waals surface area contributed by atoms with E-state index in [2.05, 4.69) is 41.4 Å². The van der Waals surface area contributed by atoms with Crippen molar-refractivity contribution in [1.82, 2.24) is 15.1 Å². The number of carbonyl (C=O) groups is 1. The average molecular weight is 458 g/mol. The Balaban J connectivity index is 1.61. The lowest BCUT2D eigenvalue weighted by molar-refractivity contribution is 0.0730. The summed E-state index contributed by atoms with van der Waals surface area (Å²) >= 11 is 6.07. The molecule has 4 aromatic rings. The van der Waals surface area contributed by atoms with E-state index in [-0.39, 0.29) is 11.9 Å². The molecule has 5 rings (SSSR count). The zero-order chi connectivity index (χ0) is 22.9. The van der Waals surface area contributed by atoms with Crippen molar-refractivity contribution in [1.29, 1.82) is 0 Å². The molecular weight excluding hydrogens is 434 g/mol. The topological polar surface area (TPSA) is 58.2 Å². The number of amides is 1. The molecule has 1 aromatic heterocycles. The van der Waals surface area contributed by atoms with E-state index in [0.29, 0.717) is 17.3 Å². The van der Waals surface area contributed by atoms with E-state index in [1.165, 1.54) is 5.56 Å². The molecule has 2 heterocycles. The van der Waals surface area contributed by atoms with Crippen molar-refractivity contribution in [3.63, 3.8) is 0 Å².